The summed E-state index contributed by atoms with van der Waals surface area (Å²) in [7, 11) is 0. The Labute approximate surface area is 120 Å². The van der Waals surface area contributed by atoms with Crippen molar-refractivity contribution in [2.24, 2.45) is 5.92 Å². The van der Waals surface area contributed by atoms with Crippen molar-refractivity contribution in [2.45, 2.75) is 34.1 Å². The number of aromatic hydroxyl groups is 2. The third kappa shape index (κ3) is 3.73. The number of phenols is 2. The molecule has 1 atom stereocenters. The normalized spacial score (nSPS) is 13.7. The first-order valence-corrected chi connectivity index (χ1v) is 6.77. The maximum Gasteiger partial charge on any atom is 0.154 e. The molecule has 3 nitrogen and oxygen atoms in total. The minimum Gasteiger partial charge on any atom is -0.508 e. The van der Waals surface area contributed by atoms with Crippen LogP contribution in [-0.2, 0) is 0 Å². The molecule has 0 aromatic heterocycles. The highest BCUT2D eigenvalue weighted by Crippen LogP contribution is 2.32. The van der Waals surface area contributed by atoms with Crippen molar-refractivity contribution in [1.29, 1.82) is 0 Å². The summed E-state index contributed by atoms with van der Waals surface area (Å²) in [6.45, 7) is 7.81. The maximum absolute atomic E-state index is 11.1. The van der Waals surface area contributed by atoms with E-state index in [9.17, 15) is 15.0 Å². The standard InChI is InChI=1S/C17H22O3/c1-5-11(2)8-12(3)6-7-14-9-16(19)13(4)17(20)15(14)10-18/h6-11,19-20H,5H2,1-4H3/b7-6+,12-8+/t11-/m0/s1. The van der Waals surface area contributed by atoms with Crippen LogP contribution in [0.15, 0.2) is 23.8 Å². The van der Waals surface area contributed by atoms with Crippen molar-refractivity contribution in [2.75, 3.05) is 0 Å². The molecule has 1 aromatic carbocycles. The van der Waals surface area contributed by atoms with E-state index in [1.54, 1.807) is 13.0 Å². The summed E-state index contributed by atoms with van der Waals surface area (Å²) in [5.74, 6) is 0.310. The summed E-state index contributed by atoms with van der Waals surface area (Å²) in [5.41, 5.74) is 2.11. The molecule has 0 aliphatic carbocycles. The second-order valence-electron chi connectivity index (χ2n) is 5.12. The zero-order chi connectivity index (χ0) is 15.3. The van der Waals surface area contributed by atoms with Crippen LogP contribution in [-0.4, -0.2) is 16.5 Å². The number of carbonyl (C=O) groups is 1. The molecule has 0 unspecified atom stereocenters. The minimum absolute atomic E-state index is 0.0173. The van der Waals surface area contributed by atoms with Crippen molar-refractivity contribution in [3.63, 3.8) is 0 Å². The first kappa shape index (κ1) is 16.0. The van der Waals surface area contributed by atoms with E-state index < -0.39 is 0 Å². The van der Waals surface area contributed by atoms with Gasteiger partial charge in [-0.05, 0) is 31.4 Å². The lowest BCUT2D eigenvalue weighted by Crippen LogP contribution is -1.91. The third-order valence-corrected chi connectivity index (χ3v) is 3.43. The number of phenolic OH excluding ortho intramolecular Hbond substituents is 2. The molecule has 0 saturated heterocycles. The molecule has 0 heterocycles. The molecule has 0 spiro atoms. The number of carbonyl (C=O) groups excluding carboxylic acids is 1. The highest BCUT2D eigenvalue weighted by atomic mass is 16.3. The molecule has 20 heavy (non-hydrogen) atoms. The summed E-state index contributed by atoms with van der Waals surface area (Å²) < 4.78 is 0. The van der Waals surface area contributed by atoms with Gasteiger partial charge in [0, 0.05) is 5.56 Å². The molecule has 3 heteroatoms. The van der Waals surface area contributed by atoms with Gasteiger partial charge in [-0.25, -0.2) is 0 Å². The smallest absolute Gasteiger partial charge is 0.154 e. The van der Waals surface area contributed by atoms with Gasteiger partial charge >= 0.3 is 0 Å². The van der Waals surface area contributed by atoms with Crippen molar-refractivity contribution < 1.29 is 15.0 Å². The molecule has 0 radical (unpaired) electrons. The van der Waals surface area contributed by atoms with Gasteiger partial charge in [0.15, 0.2) is 6.29 Å². The Morgan fingerprint density at radius 3 is 2.60 bits per heavy atom. The number of allylic oxidation sites excluding steroid dienone is 3. The van der Waals surface area contributed by atoms with Gasteiger partial charge in [-0.3, -0.25) is 4.79 Å². The van der Waals surface area contributed by atoms with Gasteiger partial charge in [-0.1, -0.05) is 44.1 Å². The molecule has 1 rings (SSSR count). The molecule has 0 saturated carbocycles. The maximum atomic E-state index is 11.1. The van der Waals surface area contributed by atoms with Crippen molar-refractivity contribution in [3.8, 4) is 11.5 Å². The highest BCUT2D eigenvalue weighted by molar-refractivity contribution is 5.87. The van der Waals surface area contributed by atoms with Crippen molar-refractivity contribution >= 4 is 12.4 Å². The largest absolute Gasteiger partial charge is 0.508 e. The lowest BCUT2D eigenvalue weighted by atomic mass is 10.0. The third-order valence-electron chi connectivity index (χ3n) is 3.43. The lowest BCUT2D eigenvalue weighted by Gasteiger charge is -2.08. The van der Waals surface area contributed by atoms with Crippen LogP contribution in [0.2, 0.25) is 0 Å². The second-order valence-corrected chi connectivity index (χ2v) is 5.12. The topological polar surface area (TPSA) is 57.5 Å². The van der Waals surface area contributed by atoms with Crippen molar-refractivity contribution in [1.82, 2.24) is 0 Å². The molecule has 2 N–H and O–H groups in total. The highest BCUT2D eigenvalue weighted by Gasteiger charge is 2.12. The average molecular weight is 274 g/mol. The fourth-order valence-corrected chi connectivity index (χ4v) is 1.90. The predicted octanol–water partition coefficient (Wildman–Crippen LogP) is 4.22. The van der Waals surface area contributed by atoms with Crippen LogP contribution < -0.4 is 0 Å². The van der Waals surface area contributed by atoms with Crippen LogP contribution >= 0.6 is 0 Å². The fraction of sp³-hybridized carbons (Fsp3) is 0.353. The molecular weight excluding hydrogens is 252 g/mol. The summed E-state index contributed by atoms with van der Waals surface area (Å²) in [4.78, 5) is 11.1. The fourth-order valence-electron chi connectivity index (χ4n) is 1.90. The summed E-state index contributed by atoms with van der Waals surface area (Å²) in [6.07, 6.45) is 7.43. The van der Waals surface area contributed by atoms with Crippen LogP contribution in [0.4, 0.5) is 0 Å². The van der Waals surface area contributed by atoms with Gasteiger partial charge in [-0.2, -0.15) is 0 Å². The van der Waals surface area contributed by atoms with Crippen LogP contribution in [0, 0.1) is 12.8 Å². The molecule has 1 aromatic rings. The SMILES string of the molecule is CC[C@H](C)/C=C(C)/C=C/c1cc(O)c(C)c(O)c1C=O. The first-order chi connectivity index (χ1) is 9.40. The van der Waals surface area contributed by atoms with E-state index in [0.29, 0.717) is 23.3 Å². The van der Waals surface area contributed by atoms with Gasteiger partial charge < -0.3 is 10.2 Å². The molecule has 0 fully saturated rings. The molecule has 0 bridgehead atoms. The second kappa shape index (κ2) is 6.94. The minimum atomic E-state index is -0.164. The first-order valence-electron chi connectivity index (χ1n) is 6.77. The number of rotatable bonds is 5. The number of aldehydes is 1. The molecule has 0 aliphatic heterocycles. The Bertz CT molecular complexity index is 554. The molecule has 0 amide bonds. The Hall–Kier alpha value is -2.03. The van der Waals surface area contributed by atoms with Gasteiger partial charge in [0.2, 0.25) is 0 Å². The zero-order valence-electron chi connectivity index (χ0n) is 12.5. The van der Waals surface area contributed by atoms with Gasteiger partial charge in [0.1, 0.15) is 11.5 Å². The predicted molar refractivity (Wildman–Crippen MR) is 82.1 cm³/mol. The Balaban J connectivity index is 3.16. The van der Waals surface area contributed by atoms with Crippen LogP contribution in [0.25, 0.3) is 6.08 Å². The lowest BCUT2D eigenvalue weighted by molar-refractivity contribution is 0.112. The quantitative estimate of drug-likeness (QED) is 0.624. The Kier molecular flexibility index (Phi) is 5.56. The van der Waals surface area contributed by atoms with Gasteiger partial charge in [0.25, 0.3) is 0 Å². The summed E-state index contributed by atoms with van der Waals surface area (Å²) in [6, 6.07) is 1.49. The van der Waals surface area contributed by atoms with Crippen molar-refractivity contribution in [3.05, 3.63) is 40.5 Å². The molecule has 0 aliphatic rings. The van der Waals surface area contributed by atoms with Gasteiger partial charge in [-0.15, -0.1) is 0 Å². The van der Waals surface area contributed by atoms with E-state index in [1.807, 2.05) is 13.0 Å². The monoisotopic (exact) mass is 274 g/mol. The van der Waals surface area contributed by atoms with E-state index in [-0.39, 0.29) is 17.1 Å². The number of hydrogen-bond donors (Lipinski definition) is 2. The Morgan fingerprint density at radius 2 is 2.05 bits per heavy atom. The van der Waals surface area contributed by atoms with Crippen LogP contribution in [0.5, 0.6) is 11.5 Å². The van der Waals surface area contributed by atoms with Crippen LogP contribution in [0.1, 0.15) is 48.7 Å². The zero-order valence-corrected chi connectivity index (χ0v) is 12.5. The van der Waals surface area contributed by atoms with Gasteiger partial charge in [0.05, 0.1) is 5.56 Å². The average Bonchev–Trinajstić information content (AvgIpc) is 2.42. The van der Waals surface area contributed by atoms with Crippen LogP contribution in [0.3, 0.4) is 0 Å². The Morgan fingerprint density at radius 1 is 1.40 bits per heavy atom. The number of benzene rings is 1. The van der Waals surface area contributed by atoms with E-state index in [1.165, 1.54) is 6.07 Å². The van der Waals surface area contributed by atoms with E-state index in [4.69, 9.17) is 0 Å². The molecular formula is C17H22O3. The van der Waals surface area contributed by atoms with E-state index in [0.717, 1.165) is 12.0 Å². The summed E-state index contributed by atoms with van der Waals surface area (Å²) in [5, 5.41) is 19.6. The number of hydrogen-bond acceptors (Lipinski definition) is 3. The summed E-state index contributed by atoms with van der Waals surface area (Å²) >= 11 is 0. The van der Waals surface area contributed by atoms with E-state index in [2.05, 4.69) is 19.9 Å². The van der Waals surface area contributed by atoms with E-state index >= 15 is 0 Å². The molecule has 108 valence electrons.